The Balaban J connectivity index is 2.10. The number of carbonyl (C=O) groups is 1. The van der Waals surface area contributed by atoms with Crippen LogP contribution in [-0.4, -0.2) is 49.2 Å². The van der Waals surface area contributed by atoms with Crippen molar-refractivity contribution in [3.8, 4) is 0 Å². The molecule has 0 unspecified atom stereocenters. The Morgan fingerprint density at radius 2 is 1.71 bits per heavy atom. The van der Waals surface area contributed by atoms with Crippen molar-refractivity contribution in [3.63, 3.8) is 0 Å². The number of hydrogen-bond acceptors (Lipinski definition) is 7. The van der Waals surface area contributed by atoms with Gasteiger partial charge in [0.15, 0.2) is 5.76 Å². The van der Waals surface area contributed by atoms with Gasteiger partial charge in [0, 0.05) is 57.4 Å². The van der Waals surface area contributed by atoms with Crippen LogP contribution in [0.5, 0.6) is 0 Å². The normalized spacial score (nSPS) is 11.6. The molecule has 0 bridgehead atoms. The first-order valence-corrected chi connectivity index (χ1v) is 11.2. The van der Waals surface area contributed by atoms with Crippen LogP contribution in [0.1, 0.15) is 63.9 Å². The van der Waals surface area contributed by atoms with Crippen LogP contribution in [0.25, 0.3) is 5.76 Å². The Morgan fingerprint density at radius 1 is 1.09 bits per heavy atom. The minimum atomic E-state index is -0.537. The molecule has 0 atom stereocenters. The maximum atomic E-state index is 11.7. The first-order valence-electron chi connectivity index (χ1n) is 11.2. The number of carbonyl (C=O) groups excluding carboxylic acids is 1. The van der Waals surface area contributed by atoms with Crippen LogP contribution in [0.15, 0.2) is 42.3 Å². The van der Waals surface area contributed by atoms with Crippen LogP contribution in [0.3, 0.4) is 0 Å². The highest BCUT2D eigenvalue weighted by Gasteiger charge is 2.15. The zero-order valence-electron chi connectivity index (χ0n) is 20.7. The first kappa shape index (κ1) is 27.2. The molecule has 0 saturated heterocycles. The van der Waals surface area contributed by atoms with E-state index in [9.17, 15) is 4.79 Å². The number of hydroxylamine groups is 1. The molecule has 1 heterocycles. The molecule has 0 aliphatic rings. The highest BCUT2D eigenvalue weighted by molar-refractivity contribution is 5.94. The molecule has 0 radical (unpaired) electrons. The predicted octanol–water partition coefficient (Wildman–Crippen LogP) is 4.58. The van der Waals surface area contributed by atoms with Gasteiger partial charge < -0.3 is 14.3 Å². The van der Waals surface area contributed by atoms with Gasteiger partial charge in [0.2, 0.25) is 0 Å². The molecule has 1 amide bonds. The molecule has 0 aliphatic heterocycles. The van der Waals surface area contributed by atoms with Gasteiger partial charge in [-0.25, -0.2) is 5.48 Å². The van der Waals surface area contributed by atoms with E-state index in [0.29, 0.717) is 31.0 Å². The van der Waals surface area contributed by atoms with E-state index in [1.807, 2.05) is 33.0 Å². The lowest BCUT2D eigenvalue weighted by Gasteiger charge is -2.17. The Kier molecular flexibility index (Phi) is 10.9. The first-order chi connectivity index (χ1) is 16.3. The number of aryl methyl sites for hydroxylation is 2. The van der Waals surface area contributed by atoms with Crippen LogP contribution in [0.4, 0.5) is 0 Å². The Bertz CT molecular complexity index is 988. The van der Waals surface area contributed by atoms with E-state index in [1.165, 1.54) is 0 Å². The third kappa shape index (κ3) is 7.76. The zero-order valence-corrected chi connectivity index (χ0v) is 20.7. The van der Waals surface area contributed by atoms with Gasteiger partial charge in [-0.15, -0.1) is 0 Å². The number of hydrogen-bond donors (Lipinski definition) is 2. The molecule has 2 rings (SSSR count). The lowest BCUT2D eigenvalue weighted by molar-refractivity contribution is 0.0706. The third-order valence-electron chi connectivity index (χ3n) is 5.70. The summed E-state index contributed by atoms with van der Waals surface area (Å²) in [6.45, 7) is 11.0. The van der Waals surface area contributed by atoms with Gasteiger partial charge in [0.25, 0.3) is 5.91 Å². The van der Waals surface area contributed by atoms with Crippen molar-refractivity contribution in [3.05, 3.63) is 70.6 Å². The quantitative estimate of drug-likeness (QED) is 0.193. The maximum absolute atomic E-state index is 11.7. The van der Waals surface area contributed by atoms with E-state index in [2.05, 4.69) is 16.7 Å². The van der Waals surface area contributed by atoms with Crippen molar-refractivity contribution in [2.24, 2.45) is 5.16 Å². The lowest BCUT2D eigenvalue weighted by Crippen LogP contribution is -2.19. The van der Waals surface area contributed by atoms with E-state index in [1.54, 1.807) is 38.0 Å². The predicted molar refractivity (Wildman–Crippen MR) is 132 cm³/mol. The molecular formula is C26H35N3O5. The van der Waals surface area contributed by atoms with Crippen LogP contribution >= 0.6 is 0 Å². The Hall–Kier alpha value is -3.07. The zero-order chi connectivity index (χ0) is 25.1. The highest BCUT2D eigenvalue weighted by atomic mass is 16.6. The van der Waals surface area contributed by atoms with Crippen LogP contribution in [-0.2, 0) is 20.7 Å². The van der Waals surface area contributed by atoms with Crippen molar-refractivity contribution in [1.82, 2.24) is 10.5 Å². The number of nitrogens with zero attached hydrogens (tertiary/aromatic N) is 2. The van der Waals surface area contributed by atoms with E-state index in [-0.39, 0.29) is 5.92 Å². The second kappa shape index (κ2) is 13.6. The fourth-order valence-electron chi connectivity index (χ4n) is 3.77. The fraction of sp³-hybridized carbons (Fsp3) is 0.423. The number of nitrogens with one attached hydrogen (secondary N) is 1. The molecule has 8 heteroatoms. The molecule has 0 fully saturated rings. The summed E-state index contributed by atoms with van der Waals surface area (Å²) in [6.07, 6.45) is 5.85. The summed E-state index contributed by atoms with van der Waals surface area (Å²) in [5.74, 6) is 0.131. The topological polar surface area (TPSA) is 102 Å². The summed E-state index contributed by atoms with van der Waals surface area (Å²) in [5, 5.41) is 13.1. The molecule has 34 heavy (non-hydrogen) atoms. The van der Waals surface area contributed by atoms with Crippen LogP contribution in [0.2, 0.25) is 0 Å². The maximum Gasteiger partial charge on any atom is 0.274 e. The Labute approximate surface area is 201 Å². The molecule has 0 spiro atoms. The number of methoxy groups -OCH3 is 2. The second-order valence-electron chi connectivity index (χ2n) is 8.31. The van der Waals surface area contributed by atoms with E-state index in [0.717, 1.165) is 46.4 Å². The Morgan fingerprint density at radius 3 is 2.26 bits per heavy atom. The number of aromatic nitrogens is 1. The number of ether oxygens (including phenoxy) is 2. The van der Waals surface area contributed by atoms with Gasteiger partial charge in [-0.1, -0.05) is 11.7 Å². The number of rotatable bonds is 13. The third-order valence-corrected chi connectivity index (χ3v) is 5.70. The summed E-state index contributed by atoms with van der Waals surface area (Å²) in [6, 6.07) is 5.50. The van der Waals surface area contributed by atoms with Gasteiger partial charge in [0.1, 0.15) is 0 Å². The average Bonchev–Trinajstić information content (AvgIpc) is 2.84. The van der Waals surface area contributed by atoms with Gasteiger partial charge in [-0.2, -0.15) is 0 Å². The largest absolute Gasteiger partial charge is 0.385 e. The molecule has 1 aromatic heterocycles. The molecule has 2 aromatic rings. The van der Waals surface area contributed by atoms with Gasteiger partial charge in [-0.3, -0.25) is 15.0 Å². The van der Waals surface area contributed by atoms with Crippen molar-refractivity contribution in [2.45, 2.75) is 46.0 Å². The molecule has 184 valence electrons. The summed E-state index contributed by atoms with van der Waals surface area (Å²) in [4.78, 5) is 21.7. The lowest BCUT2D eigenvalue weighted by atomic mass is 9.93. The number of oxime groups is 1. The monoisotopic (exact) mass is 469 g/mol. The van der Waals surface area contributed by atoms with E-state index < -0.39 is 5.91 Å². The van der Waals surface area contributed by atoms with Crippen molar-refractivity contribution in [1.29, 1.82) is 0 Å². The number of amides is 1. The van der Waals surface area contributed by atoms with Crippen LogP contribution < -0.4 is 5.48 Å². The summed E-state index contributed by atoms with van der Waals surface area (Å²) in [7, 11) is 3.39. The minimum absolute atomic E-state index is 0.257. The standard InChI is InChI=1S/C26H35N3O5/c1-17-11-22(26(30)28-31)12-18(2)25(17)13-19(3)29-34-20(4)23-14-24(16-27-15-23)21(7-9-32-5)8-10-33-6/h11-12,14-16,21,31H,4,7-10,13H2,1-3,5-6H3,(H,28,30)/b29-19+. The molecule has 8 nitrogen and oxygen atoms in total. The second-order valence-corrected chi connectivity index (χ2v) is 8.31. The van der Waals surface area contributed by atoms with Gasteiger partial charge in [-0.05, 0) is 80.0 Å². The molecule has 1 aromatic carbocycles. The van der Waals surface area contributed by atoms with E-state index in [4.69, 9.17) is 19.5 Å². The van der Waals surface area contributed by atoms with Crippen molar-refractivity contribution in [2.75, 3.05) is 27.4 Å². The van der Waals surface area contributed by atoms with E-state index >= 15 is 0 Å². The van der Waals surface area contributed by atoms with Crippen molar-refractivity contribution >= 4 is 17.4 Å². The summed E-state index contributed by atoms with van der Waals surface area (Å²) in [5.41, 5.74) is 7.59. The molecule has 2 N–H and O–H groups in total. The summed E-state index contributed by atoms with van der Waals surface area (Å²) >= 11 is 0. The smallest absolute Gasteiger partial charge is 0.274 e. The number of pyridine rings is 1. The SMILES string of the molecule is C=C(O/N=C(\C)Cc1c(C)cc(C(=O)NO)cc1C)c1cncc(C(CCOC)CCOC)c1. The van der Waals surface area contributed by atoms with Crippen LogP contribution in [0, 0.1) is 13.8 Å². The van der Waals surface area contributed by atoms with Gasteiger partial charge in [0.05, 0.1) is 5.71 Å². The van der Waals surface area contributed by atoms with Gasteiger partial charge >= 0.3 is 0 Å². The number of benzene rings is 1. The molecule has 0 aliphatic carbocycles. The molecular weight excluding hydrogens is 434 g/mol. The summed E-state index contributed by atoms with van der Waals surface area (Å²) < 4.78 is 10.5. The molecule has 0 saturated carbocycles. The highest BCUT2D eigenvalue weighted by Crippen LogP contribution is 2.26. The minimum Gasteiger partial charge on any atom is -0.385 e. The average molecular weight is 470 g/mol. The fourth-order valence-corrected chi connectivity index (χ4v) is 3.77. The van der Waals surface area contributed by atoms with Crippen molar-refractivity contribution < 1.29 is 24.3 Å².